The van der Waals surface area contributed by atoms with Crippen LogP contribution in [0.2, 0.25) is 0 Å². The third-order valence-corrected chi connectivity index (χ3v) is 3.66. The first kappa shape index (κ1) is 16.3. The normalized spacial score (nSPS) is 10.2. The Bertz CT molecular complexity index is 486. The van der Waals surface area contributed by atoms with Gasteiger partial charge in [-0.05, 0) is 31.3 Å². The van der Waals surface area contributed by atoms with E-state index in [-0.39, 0.29) is 0 Å². The number of nitrogens with one attached hydrogen (secondary N) is 1. The zero-order chi connectivity index (χ0) is 14.8. The Morgan fingerprint density at radius 3 is 1.45 bits per heavy atom. The van der Waals surface area contributed by atoms with Crippen molar-refractivity contribution in [3.8, 4) is 11.5 Å². The Morgan fingerprint density at radius 2 is 1.15 bits per heavy atom. The fourth-order valence-corrected chi connectivity index (χ4v) is 2.37. The maximum atomic E-state index is 12.4. The lowest BCUT2D eigenvalue weighted by atomic mass is 10.3. The highest BCUT2D eigenvalue weighted by molar-refractivity contribution is 7.52. The van der Waals surface area contributed by atoms with Gasteiger partial charge in [0.15, 0.2) is 0 Å². The van der Waals surface area contributed by atoms with Crippen molar-refractivity contribution in [2.24, 2.45) is 0 Å². The quantitative estimate of drug-likeness (QED) is 0.825. The summed E-state index contributed by atoms with van der Waals surface area (Å²) in [5.74, 6) is 0.984. The van der Waals surface area contributed by atoms with Gasteiger partial charge >= 0.3 is 7.75 Å². The van der Waals surface area contributed by atoms with Crippen molar-refractivity contribution in [2.75, 3.05) is 7.05 Å². The van der Waals surface area contributed by atoms with Crippen LogP contribution < -0.4 is 14.1 Å². The number of hydrogen-bond donors (Lipinski definition) is 1. The molecule has 5 heteroatoms. The molecule has 2 rings (SSSR count). The summed E-state index contributed by atoms with van der Waals surface area (Å²) in [5, 5.41) is 2.59. The number of rotatable bonds is 5. The summed E-state index contributed by atoms with van der Waals surface area (Å²) >= 11 is 0. The van der Waals surface area contributed by atoms with E-state index in [9.17, 15) is 4.57 Å². The largest absolute Gasteiger partial charge is 0.512 e. The van der Waals surface area contributed by atoms with Crippen molar-refractivity contribution in [1.29, 1.82) is 0 Å². The molecule has 0 aromatic heterocycles. The van der Waals surface area contributed by atoms with Crippen LogP contribution in [0.1, 0.15) is 13.8 Å². The standard InChI is InChI=1S/C13H14NO3P.C2H6/c1-14-18(15,16-12-8-4-2-5-9-12)17-13-10-6-3-7-11-13;1-2/h2-11H,1H3,(H,14,15);1-2H3. The highest BCUT2D eigenvalue weighted by Gasteiger charge is 2.25. The van der Waals surface area contributed by atoms with Gasteiger partial charge in [-0.15, -0.1) is 0 Å². The third-order valence-electron chi connectivity index (χ3n) is 2.21. The van der Waals surface area contributed by atoms with Crippen molar-refractivity contribution in [3.63, 3.8) is 0 Å². The van der Waals surface area contributed by atoms with Crippen LogP contribution in [-0.4, -0.2) is 7.05 Å². The molecule has 0 heterocycles. The average Bonchev–Trinajstić information content (AvgIpc) is 2.51. The van der Waals surface area contributed by atoms with E-state index < -0.39 is 7.75 Å². The summed E-state index contributed by atoms with van der Waals surface area (Å²) in [6, 6.07) is 17.8. The Balaban J connectivity index is 0.000000956. The van der Waals surface area contributed by atoms with Crippen LogP contribution in [-0.2, 0) is 4.57 Å². The second-order valence-electron chi connectivity index (χ2n) is 3.53. The Labute approximate surface area is 120 Å². The van der Waals surface area contributed by atoms with Gasteiger partial charge in [0.1, 0.15) is 11.5 Å². The van der Waals surface area contributed by atoms with Crippen molar-refractivity contribution in [3.05, 3.63) is 60.7 Å². The molecule has 2 aromatic rings. The second kappa shape index (κ2) is 8.41. The summed E-state index contributed by atoms with van der Waals surface area (Å²) < 4.78 is 23.1. The van der Waals surface area contributed by atoms with Crippen LogP contribution >= 0.6 is 7.75 Å². The van der Waals surface area contributed by atoms with Gasteiger partial charge in [-0.2, -0.15) is 0 Å². The van der Waals surface area contributed by atoms with Crippen LogP contribution in [0.15, 0.2) is 60.7 Å². The van der Waals surface area contributed by atoms with Crippen molar-refractivity contribution < 1.29 is 13.6 Å². The minimum Gasteiger partial charge on any atom is -0.405 e. The fraction of sp³-hybridized carbons (Fsp3) is 0.200. The molecule has 0 amide bonds. The summed E-state index contributed by atoms with van der Waals surface area (Å²) in [7, 11) is -1.86. The minimum absolute atomic E-state index is 0.492. The molecule has 0 aliphatic carbocycles. The van der Waals surface area contributed by atoms with Gasteiger partial charge in [0.25, 0.3) is 0 Å². The molecular weight excluding hydrogens is 273 g/mol. The molecule has 0 saturated carbocycles. The maximum Gasteiger partial charge on any atom is 0.512 e. The topological polar surface area (TPSA) is 47.6 Å². The fourth-order valence-electron chi connectivity index (χ4n) is 1.35. The predicted octanol–water partition coefficient (Wildman–Crippen LogP) is 4.50. The summed E-state index contributed by atoms with van der Waals surface area (Å²) in [4.78, 5) is 0. The van der Waals surface area contributed by atoms with Crippen LogP contribution in [0.25, 0.3) is 0 Å². The van der Waals surface area contributed by atoms with E-state index in [0.717, 1.165) is 0 Å². The van der Waals surface area contributed by atoms with Gasteiger partial charge < -0.3 is 9.05 Å². The molecular formula is C15H20NO3P. The molecule has 0 aliphatic heterocycles. The predicted molar refractivity (Wildman–Crippen MR) is 82.2 cm³/mol. The lowest BCUT2D eigenvalue weighted by molar-refractivity contribution is 0.376. The minimum atomic E-state index is -3.39. The zero-order valence-electron chi connectivity index (χ0n) is 11.9. The maximum absolute atomic E-state index is 12.4. The molecule has 2 aromatic carbocycles. The highest BCUT2D eigenvalue weighted by atomic mass is 31.2. The van der Waals surface area contributed by atoms with Gasteiger partial charge in [0, 0.05) is 0 Å². The molecule has 0 aliphatic rings. The van der Waals surface area contributed by atoms with E-state index in [1.54, 1.807) is 48.5 Å². The molecule has 0 atom stereocenters. The van der Waals surface area contributed by atoms with Crippen LogP contribution in [0.5, 0.6) is 11.5 Å². The van der Waals surface area contributed by atoms with Gasteiger partial charge in [0.2, 0.25) is 0 Å². The molecule has 0 radical (unpaired) electrons. The first-order valence-electron chi connectivity index (χ1n) is 6.50. The lowest BCUT2D eigenvalue weighted by Crippen LogP contribution is -2.13. The van der Waals surface area contributed by atoms with Crippen LogP contribution in [0, 0.1) is 0 Å². The van der Waals surface area contributed by atoms with Gasteiger partial charge in [0.05, 0.1) is 0 Å². The lowest BCUT2D eigenvalue weighted by Gasteiger charge is -2.18. The van der Waals surface area contributed by atoms with E-state index >= 15 is 0 Å². The summed E-state index contributed by atoms with van der Waals surface area (Å²) in [5.41, 5.74) is 0. The molecule has 20 heavy (non-hydrogen) atoms. The molecule has 0 bridgehead atoms. The number of para-hydroxylation sites is 2. The van der Waals surface area contributed by atoms with Gasteiger partial charge in [-0.25, -0.2) is 9.65 Å². The van der Waals surface area contributed by atoms with E-state index in [1.807, 2.05) is 26.0 Å². The molecule has 0 spiro atoms. The van der Waals surface area contributed by atoms with Crippen molar-refractivity contribution in [1.82, 2.24) is 5.09 Å². The molecule has 0 fully saturated rings. The molecule has 108 valence electrons. The van der Waals surface area contributed by atoms with Gasteiger partial charge in [-0.3, -0.25) is 0 Å². The molecule has 0 unspecified atom stereocenters. The number of benzene rings is 2. The second-order valence-corrected chi connectivity index (χ2v) is 5.34. The first-order valence-corrected chi connectivity index (χ1v) is 8.04. The number of hydrogen-bond acceptors (Lipinski definition) is 3. The van der Waals surface area contributed by atoms with Crippen LogP contribution in [0.4, 0.5) is 0 Å². The van der Waals surface area contributed by atoms with E-state index in [4.69, 9.17) is 9.05 Å². The smallest absolute Gasteiger partial charge is 0.405 e. The third kappa shape index (κ3) is 5.08. The van der Waals surface area contributed by atoms with E-state index in [2.05, 4.69) is 5.09 Å². The van der Waals surface area contributed by atoms with Crippen molar-refractivity contribution in [2.45, 2.75) is 13.8 Å². The zero-order valence-corrected chi connectivity index (χ0v) is 12.8. The molecule has 4 nitrogen and oxygen atoms in total. The Hall–Kier alpha value is -1.77. The van der Waals surface area contributed by atoms with E-state index in [1.165, 1.54) is 7.05 Å². The van der Waals surface area contributed by atoms with Gasteiger partial charge in [-0.1, -0.05) is 50.2 Å². The molecule has 0 saturated heterocycles. The highest BCUT2D eigenvalue weighted by Crippen LogP contribution is 2.43. The average molecular weight is 293 g/mol. The summed E-state index contributed by atoms with van der Waals surface area (Å²) in [6.45, 7) is 4.00. The Morgan fingerprint density at radius 1 is 0.800 bits per heavy atom. The SMILES string of the molecule is CC.CNP(=O)(Oc1ccccc1)Oc1ccccc1. The molecule has 1 N–H and O–H groups in total. The monoisotopic (exact) mass is 293 g/mol. The first-order chi connectivity index (χ1) is 9.72. The van der Waals surface area contributed by atoms with E-state index in [0.29, 0.717) is 11.5 Å². The Kier molecular flexibility index (Phi) is 6.85. The van der Waals surface area contributed by atoms with Crippen LogP contribution in [0.3, 0.4) is 0 Å². The summed E-state index contributed by atoms with van der Waals surface area (Å²) in [6.07, 6.45) is 0. The van der Waals surface area contributed by atoms with Crippen molar-refractivity contribution >= 4 is 7.75 Å².